The minimum Gasteiger partial charge on any atom is -0.450 e. The Morgan fingerprint density at radius 2 is 2.04 bits per heavy atom. The number of benzene rings is 2. The third-order valence-corrected chi connectivity index (χ3v) is 5.53. The second-order valence-electron chi connectivity index (χ2n) is 5.67. The van der Waals surface area contributed by atoms with Gasteiger partial charge < -0.3 is 14.3 Å². The van der Waals surface area contributed by atoms with E-state index in [1.54, 1.807) is 24.0 Å². The monoisotopic (exact) mass is 427 g/mol. The number of nitrogens with one attached hydrogen (secondary N) is 1. The summed E-state index contributed by atoms with van der Waals surface area (Å²) in [5.74, 6) is -0.00374. The van der Waals surface area contributed by atoms with E-state index in [1.165, 1.54) is 0 Å². The molecule has 0 radical (unpaired) electrons. The number of aryl methyl sites for hydroxylation is 1. The van der Waals surface area contributed by atoms with Gasteiger partial charge >= 0.3 is 0 Å². The molecule has 0 saturated heterocycles. The van der Waals surface area contributed by atoms with E-state index in [0.29, 0.717) is 11.3 Å². The summed E-state index contributed by atoms with van der Waals surface area (Å²) in [5.41, 5.74) is 1.37. The highest BCUT2D eigenvalue weighted by Crippen LogP contribution is 2.29. The van der Waals surface area contributed by atoms with Gasteiger partial charge in [-0.05, 0) is 52.3 Å². The number of carbonyl (C=O) groups is 1. The average Bonchev–Trinajstić information content (AvgIpc) is 3.24. The zero-order valence-electron chi connectivity index (χ0n) is 13.8. The molecule has 4 rings (SSSR count). The highest BCUT2D eigenvalue weighted by molar-refractivity contribution is 9.10. The van der Waals surface area contributed by atoms with Crippen LogP contribution in [0.2, 0.25) is 0 Å². The summed E-state index contributed by atoms with van der Waals surface area (Å²) in [6.07, 6.45) is 3.67. The number of anilines is 1. The first-order valence-electron chi connectivity index (χ1n) is 7.85. The summed E-state index contributed by atoms with van der Waals surface area (Å²) in [7, 11) is 1.95. The van der Waals surface area contributed by atoms with Crippen molar-refractivity contribution in [3.8, 4) is 0 Å². The van der Waals surface area contributed by atoms with Gasteiger partial charge in [0.1, 0.15) is 5.58 Å². The Kier molecular flexibility index (Phi) is 4.57. The quantitative estimate of drug-likeness (QED) is 0.477. The van der Waals surface area contributed by atoms with Gasteiger partial charge in [-0.15, -0.1) is 0 Å². The summed E-state index contributed by atoms with van der Waals surface area (Å²) in [4.78, 5) is 17.8. The number of carbonyl (C=O) groups excluding carboxylic acids is 1. The van der Waals surface area contributed by atoms with Crippen molar-refractivity contribution in [2.45, 2.75) is 10.1 Å². The lowest BCUT2D eigenvalue weighted by atomic mass is 10.2. The molecule has 2 aromatic carbocycles. The number of imidazole rings is 1. The molecule has 2 aromatic heterocycles. The van der Waals surface area contributed by atoms with Crippen LogP contribution in [0, 0.1) is 0 Å². The Hall–Kier alpha value is -2.51. The van der Waals surface area contributed by atoms with Gasteiger partial charge in [-0.3, -0.25) is 4.79 Å². The van der Waals surface area contributed by atoms with Crippen LogP contribution >= 0.6 is 27.7 Å². The topological polar surface area (TPSA) is 60.1 Å². The van der Waals surface area contributed by atoms with Crippen LogP contribution in [0.3, 0.4) is 0 Å². The standard InChI is InChI=1S/C19H14BrN3O2S/c1-23-10-9-21-19(23)26-14-7-5-13(6-8-14)22-18(24)16-11-12-3-2-4-15(20)17(12)25-16/h2-11H,1H3,(H,22,24). The molecule has 0 bridgehead atoms. The van der Waals surface area contributed by atoms with Crippen LogP contribution in [0.5, 0.6) is 0 Å². The van der Waals surface area contributed by atoms with E-state index in [2.05, 4.69) is 26.2 Å². The molecule has 7 heteroatoms. The number of para-hydroxylation sites is 1. The van der Waals surface area contributed by atoms with Gasteiger partial charge in [0.15, 0.2) is 10.9 Å². The Morgan fingerprint density at radius 3 is 2.73 bits per heavy atom. The van der Waals surface area contributed by atoms with Gasteiger partial charge in [0.25, 0.3) is 5.91 Å². The van der Waals surface area contributed by atoms with Gasteiger partial charge in [-0.25, -0.2) is 4.98 Å². The van der Waals surface area contributed by atoms with Crippen LogP contribution in [-0.2, 0) is 7.05 Å². The molecular formula is C19H14BrN3O2S. The number of fused-ring (bicyclic) bond motifs is 1. The SMILES string of the molecule is Cn1ccnc1Sc1ccc(NC(=O)c2cc3cccc(Br)c3o2)cc1. The van der Waals surface area contributed by atoms with Crippen molar-refractivity contribution in [3.63, 3.8) is 0 Å². The molecule has 0 aliphatic rings. The molecule has 130 valence electrons. The lowest BCUT2D eigenvalue weighted by Gasteiger charge is -2.05. The third kappa shape index (κ3) is 3.40. The van der Waals surface area contributed by atoms with Crippen molar-refractivity contribution in [2.24, 2.45) is 7.05 Å². The number of rotatable bonds is 4. The second-order valence-corrected chi connectivity index (χ2v) is 7.57. The maximum absolute atomic E-state index is 12.4. The lowest BCUT2D eigenvalue weighted by Crippen LogP contribution is -2.10. The minimum atomic E-state index is -0.280. The maximum atomic E-state index is 12.4. The van der Waals surface area contributed by atoms with E-state index >= 15 is 0 Å². The Labute approximate surface area is 162 Å². The summed E-state index contributed by atoms with van der Waals surface area (Å²) in [5, 5.41) is 4.65. The average molecular weight is 428 g/mol. The zero-order valence-corrected chi connectivity index (χ0v) is 16.2. The minimum absolute atomic E-state index is 0.276. The molecule has 1 amide bonds. The Morgan fingerprint density at radius 1 is 1.23 bits per heavy atom. The lowest BCUT2D eigenvalue weighted by molar-refractivity contribution is 0.0998. The predicted octanol–water partition coefficient (Wildman–Crippen LogP) is 5.33. The number of hydrogen-bond acceptors (Lipinski definition) is 4. The smallest absolute Gasteiger partial charge is 0.291 e. The molecule has 2 heterocycles. The van der Waals surface area contributed by atoms with Gasteiger partial charge in [-0.2, -0.15) is 0 Å². The van der Waals surface area contributed by atoms with Gasteiger partial charge in [0.05, 0.1) is 4.47 Å². The first-order valence-corrected chi connectivity index (χ1v) is 9.46. The normalized spacial score (nSPS) is 11.0. The van der Waals surface area contributed by atoms with Crippen LogP contribution < -0.4 is 5.32 Å². The summed E-state index contributed by atoms with van der Waals surface area (Å²) in [6.45, 7) is 0. The molecule has 26 heavy (non-hydrogen) atoms. The highest BCUT2D eigenvalue weighted by Gasteiger charge is 2.14. The predicted molar refractivity (Wildman–Crippen MR) is 106 cm³/mol. The van der Waals surface area contributed by atoms with Crippen LogP contribution in [0.1, 0.15) is 10.6 Å². The van der Waals surface area contributed by atoms with E-state index in [1.807, 2.05) is 60.3 Å². The van der Waals surface area contributed by atoms with Crippen molar-refractivity contribution in [3.05, 3.63) is 71.2 Å². The Bertz CT molecular complexity index is 1090. The number of furan rings is 1. The summed E-state index contributed by atoms with van der Waals surface area (Å²) < 4.78 is 8.45. The Balaban J connectivity index is 1.48. The number of aromatic nitrogens is 2. The molecular weight excluding hydrogens is 414 g/mol. The largest absolute Gasteiger partial charge is 0.450 e. The number of amides is 1. The van der Waals surface area contributed by atoms with E-state index in [-0.39, 0.29) is 11.7 Å². The van der Waals surface area contributed by atoms with Crippen LogP contribution in [0.25, 0.3) is 11.0 Å². The van der Waals surface area contributed by atoms with Crippen LogP contribution in [-0.4, -0.2) is 15.5 Å². The number of hydrogen-bond donors (Lipinski definition) is 1. The molecule has 0 saturated carbocycles. The van der Waals surface area contributed by atoms with Crippen LogP contribution in [0.4, 0.5) is 5.69 Å². The molecule has 0 fully saturated rings. The van der Waals surface area contributed by atoms with Gasteiger partial charge in [0.2, 0.25) is 0 Å². The van der Waals surface area contributed by atoms with Crippen molar-refractivity contribution in [1.29, 1.82) is 0 Å². The molecule has 1 N–H and O–H groups in total. The van der Waals surface area contributed by atoms with Crippen LogP contribution in [0.15, 0.2) is 79.9 Å². The molecule has 4 aromatic rings. The van der Waals surface area contributed by atoms with E-state index < -0.39 is 0 Å². The number of halogens is 1. The zero-order chi connectivity index (χ0) is 18.1. The number of nitrogens with zero attached hydrogens (tertiary/aromatic N) is 2. The summed E-state index contributed by atoms with van der Waals surface area (Å²) in [6, 6.07) is 15.1. The molecule has 0 spiro atoms. The first-order chi connectivity index (χ1) is 12.6. The third-order valence-electron chi connectivity index (χ3n) is 3.82. The van der Waals surface area contributed by atoms with Crippen molar-refractivity contribution < 1.29 is 9.21 Å². The first kappa shape index (κ1) is 16.9. The van der Waals surface area contributed by atoms with E-state index in [9.17, 15) is 4.79 Å². The molecule has 0 unspecified atom stereocenters. The fraction of sp³-hybridized carbons (Fsp3) is 0.0526. The van der Waals surface area contributed by atoms with Crippen molar-refractivity contribution in [1.82, 2.24) is 9.55 Å². The molecule has 0 aliphatic carbocycles. The fourth-order valence-electron chi connectivity index (χ4n) is 2.49. The van der Waals surface area contributed by atoms with E-state index in [0.717, 1.165) is 19.9 Å². The fourth-order valence-corrected chi connectivity index (χ4v) is 3.76. The summed E-state index contributed by atoms with van der Waals surface area (Å²) >= 11 is 4.99. The second kappa shape index (κ2) is 7.01. The van der Waals surface area contributed by atoms with Crippen molar-refractivity contribution in [2.75, 3.05) is 5.32 Å². The molecule has 0 atom stereocenters. The van der Waals surface area contributed by atoms with Gasteiger partial charge in [0, 0.05) is 35.4 Å². The van der Waals surface area contributed by atoms with Crippen molar-refractivity contribution >= 4 is 50.3 Å². The maximum Gasteiger partial charge on any atom is 0.291 e. The van der Waals surface area contributed by atoms with Gasteiger partial charge in [-0.1, -0.05) is 23.9 Å². The van der Waals surface area contributed by atoms with E-state index in [4.69, 9.17) is 4.42 Å². The molecule has 5 nitrogen and oxygen atoms in total. The molecule has 0 aliphatic heterocycles. The highest BCUT2D eigenvalue weighted by atomic mass is 79.9.